The van der Waals surface area contributed by atoms with Gasteiger partial charge in [0.15, 0.2) is 0 Å². The second-order valence-corrected chi connectivity index (χ2v) is 7.89. The summed E-state index contributed by atoms with van der Waals surface area (Å²) in [5.74, 6) is 2.12. The summed E-state index contributed by atoms with van der Waals surface area (Å²) in [5, 5.41) is 5.96. The molecule has 0 aliphatic heterocycles. The van der Waals surface area contributed by atoms with Crippen LogP contribution in [0.5, 0.6) is 0 Å². The van der Waals surface area contributed by atoms with Crippen LogP contribution in [0, 0.1) is 12.8 Å². The van der Waals surface area contributed by atoms with Crippen molar-refractivity contribution in [3.05, 3.63) is 77.2 Å². The lowest BCUT2D eigenvalue weighted by Crippen LogP contribution is -2.22. The van der Waals surface area contributed by atoms with Gasteiger partial charge < -0.3 is 31.4 Å². The van der Waals surface area contributed by atoms with E-state index in [1.54, 1.807) is 24.3 Å². The molecule has 0 saturated carbocycles. The molecule has 0 aliphatic carbocycles. The second-order valence-electron chi connectivity index (χ2n) is 7.89. The standard InChI is InChI=1S/C24H35N5O2.2H2/c1-5-18(13-14-29(3)4)22(25)11-12-23(26)28-20-8-6-7-19(15-20)24(30)27-16-21-10-9-17(2)31-21;;/h6-12,15,18,28H,5,13-14,16,25-26H2,1-4H3,(H,27,30);2*1H/b22-11-,23-12+;;. The molecule has 0 saturated heterocycles. The number of nitrogens with two attached hydrogens (primary N) is 2. The van der Waals surface area contributed by atoms with Crippen LogP contribution in [0.25, 0.3) is 0 Å². The molecular formula is C24H39N5O2. The first-order chi connectivity index (χ1) is 14.8. The highest BCUT2D eigenvalue weighted by molar-refractivity contribution is 5.95. The summed E-state index contributed by atoms with van der Waals surface area (Å²) in [6.07, 6.45) is 5.60. The van der Waals surface area contributed by atoms with Crippen LogP contribution in [-0.4, -0.2) is 31.4 Å². The van der Waals surface area contributed by atoms with Crippen molar-refractivity contribution in [1.82, 2.24) is 10.2 Å². The van der Waals surface area contributed by atoms with Crippen LogP contribution in [0.15, 0.2) is 64.5 Å². The van der Waals surface area contributed by atoms with Crippen LogP contribution in [0.3, 0.4) is 0 Å². The number of hydrogen-bond donors (Lipinski definition) is 4. The molecule has 0 aliphatic rings. The average Bonchev–Trinajstić information content (AvgIpc) is 3.16. The molecule has 7 heteroatoms. The summed E-state index contributed by atoms with van der Waals surface area (Å²) in [4.78, 5) is 14.6. The van der Waals surface area contributed by atoms with Gasteiger partial charge in [-0.2, -0.15) is 0 Å². The third-order valence-electron chi connectivity index (χ3n) is 4.98. The predicted octanol–water partition coefficient (Wildman–Crippen LogP) is 4.04. The zero-order chi connectivity index (χ0) is 22.8. The fourth-order valence-electron chi connectivity index (χ4n) is 3.14. The Morgan fingerprint density at radius 3 is 2.65 bits per heavy atom. The molecule has 1 amide bonds. The van der Waals surface area contributed by atoms with E-state index in [-0.39, 0.29) is 8.76 Å². The number of allylic oxidation sites excluding steroid dienone is 3. The van der Waals surface area contributed by atoms with Crippen molar-refractivity contribution in [2.75, 3.05) is 26.0 Å². The van der Waals surface area contributed by atoms with Gasteiger partial charge in [-0.15, -0.1) is 0 Å². The molecule has 2 rings (SSSR count). The minimum absolute atomic E-state index is 0. The number of carbonyl (C=O) groups excluding carboxylic acids is 1. The first-order valence-corrected chi connectivity index (χ1v) is 10.6. The zero-order valence-corrected chi connectivity index (χ0v) is 18.9. The number of nitrogens with zero attached hydrogens (tertiary/aromatic N) is 1. The molecule has 0 radical (unpaired) electrons. The molecular weight excluding hydrogens is 390 g/mol. The summed E-state index contributed by atoms with van der Waals surface area (Å²) in [6, 6.07) is 10.9. The Hall–Kier alpha value is -3.19. The Balaban J connectivity index is 0.00000512. The summed E-state index contributed by atoms with van der Waals surface area (Å²) in [6.45, 7) is 5.32. The smallest absolute Gasteiger partial charge is 0.251 e. The molecule has 1 aromatic carbocycles. The van der Waals surface area contributed by atoms with E-state index in [1.807, 2.05) is 31.2 Å². The maximum atomic E-state index is 12.4. The van der Waals surface area contributed by atoms with Gasteiger partial charge in [-0.05, 0) is 88.8 Å². The lowest BCUT2D eigenvalue weighted by atomic mass is 9.98. The third kappa shape index (κ3) is 8.22. The molecule has 0 fully saturated rings. The van der Waals surface area contributed by atoms with Crippen molar-refractivity contribution in [2.24, 2.45) is 17.4 Å². The third-order valence-corrected chi connectivity index (χ3v) is 4.98. The zero-order valence-electron chi connectivity index (χ0n) is 18.9. The highest BCUT2D eigenvalue weighted by Crippen LogP contribution is 2.16. The van der Waals surface area contributed by atoms with Crippen LogP contribution in [0.2, 0.25) is 0 Å². The van der Waals surface area contributed by atoms with Gasteiger partial charge in [-0.1, -0.05) is 13.0 Å². The molecule has 2 aromatic rings. The minimum atomic E-state index is -0.184. The van der Waals surface area contributed by atoms with Crippen molar-refractivity contribution in [3.63, 3.8) is 0 Å². The Bertz CT molecular complexity index is 925. The molecule has 172 valence electrons. The lowest BCUT2D eigenvalue weighted by Gasteiger charge is -2.18. The van der Waals surface area contributed by atoms with E-state index in [0.717, 1.165) is 36.5 Å². The second kappa shape index (κ2) is 11.9. The molecule has 0 bridgehead atoms. The van der Waals surface area contributed by atoms with Crippen molar-refractivity contribution >= 4 is 11.6 Å². The van der Waals surface area contributed by atoms with Gasteiger partial charge in [0.2, 0.25) is 0 Å². The first kappa shape index (κ1) is 24.1. The van der Waals surface area contributed by atoms with Crippen molar-refractivity contribution < 1.29 is 12.1 Å². The summed E-state index contributed by atoms with van der Waals surface area (Å²) < 4.78 is 5.47. The van der Waals surface area contributed by atoms with E-state index in [9.17, 15) is 4.79 Å². The van der Waals surface area contributed by atoms with Crippen LogP contribution in [-0.2, 0) is 6.54 Å². The molecule has 1 heterocycles. The van der Waals surface area contributed by atoms with Gasteiger partial charge >= 0.3 is 0 Å². The number of carbonyl (C=O) groups is 1. The Kier molecular flexibility index (Phi) is 9.21. The van der Waals surface area contributed by atoms with E-state index in [4.69, 9.17) is 15.9 Å². The topological polar surface area (TPSA) is 110 Å². The van der Waals surface area contributed by atoms with E-state index in [0.29, 0.717) is 29.6 Å². The lowest BCUT2D eigenvalue weighted by molar-refractivity contribution is 0.0948. The number of amides is 1. The summed E-state index contributed by atoms with van der Waals surface area (Å²) in [7, 11) is 4.11. The molecule has 31 heavy (non-hydrogen) atoms. The number of aryl methyl sites for hydroxylation is 1. The van der Waals surface area contributed by atoms with Gasteiger partial charge in [-0.3, -0.25) is 4.79 Å². The van der Waals surface area contributed by atoms with Gasteiger partial charge in [-0.25, -0.2) is 0 Å². The number of nitrogens with one attached hydrogen (secondary N) is 2. The van der Waals surface area contributed by atoms with E-state index >= 15 is 0 Å². The van der Waals surface area contributed by atoms with Crippen LogP contribution < -0.4 is 22.1 Å². The van der Waals surface area contributed by atoms with Crippen molar-refractivity contribution in [1.29, 1.82) is 0 Å². The largest absolute Gasteiger partial charge is 0.465 e. The fourth-order valence-corrected chi connectivity index (χ4v) is 3.14. The molecule has 1 atom stereocenters. The molecule has 1 aromatic heterocycles. The molecule has 0 spiro atoms. The van der Waals surface area contributed by atoms with Crippen LogP contribution in [0.4, 0.5) is 5.69 Å². The predicted molar refractivity (Wildman–Crippen MR) is 130 cm³/mol. The van der Waals surface area contributed by atoms with Crippen molar-refractivity contribution in [2.45, 2.75) is 33.2 Å². The first-order valence-electron chi connectivity index (χ1n) is 10.6. The number of benzene rings is 1. The van der Waals surface area contributed by atoms with Gasteiger partial charge in [0.1, 0.15) is 17.3 Å². The van der Waals surface area contributed by atoms with Gasteiger partial charge in [0.25, 0.3) is 5.91 Å². The molecule has 1 unspecified atom stereocenters. The monoisotopic (exact) mass is 429 g/mol. The summed E-state index contributed by atoms with van der Waals surface area (Å²) in [5.41, 5.74) is 14.4. The van der Waals surface area contributed by atoms with E-state index in [2.05, 4.69) is 36.6 Å². The van der Waals surface area contributed by atoms with E-state index < -0.39 is 0 Å². The van der Waals surface area contributed by atoms with Crippen LogP contribution >= 0.6 is 0 Å². The highest BCUT2D eigenvalue weighted by Gasteiger charge is 2.10. The van der Waals surface area contributed by atoms with E-state index in [1.165, 1.54) is 0 Å². The van der Waals surface area contributed by atoms with Crippen molar-refractivity contribution in [3.8, 4) is 0 Å². The highest BCUT2D eigenvalue weighted by atomic mass is 16.3. The Morgan fingerprint density at radius 2 is 2.00 bits per heavy atom. The fraction of sp³-hybridized carbons (Fsp3) is 0.375. The minimum Gasteiger partial charge on any atom is -0.465 e. The maximum absolute atomic E-state index is 12.4. The SMILES string of the molecule is CCC(CCN(C)C)/C(N)=C/C=C(\N)Nc1cccc(C(=O)NCc2ccc(C)o2)c1.[HH].[HH]. The van der Waals surface area contributed by atoms with Gasteiger partial charge in [0.05, 0.1) is 6.54 Å². The molecule has 7 nitrogen and oxygen atoms in total. The quantitative estimate of drug-likeness (QED) is 0.401. The number of anilines is 1. The van der Waals surface area contributed by atoms with Gasteiger partial charge in [0, 0.05) is 19.8 Å². The Labute approximate surface area is 188 Å². The Morgan fingerprint density at radius 1 is 1.23 bits per heavy atom. The summed E-state index contributed by atoms with van der Waals surface area (Å²) >= 11 is 0. The number of hydrogen-bond acceptors (Lipinski definition) is 6. The number of rotatable bonds is 11. The average molecular weight is 430 g/mol. The number of furan rings is 1. The maximum Gasteiger partial charge on any atom is 0.251 e. The normalized spacial score (nSPS) is 13.3. The molecule has 6 N–H and O–H groups in total. The van der Waals surface area contributed by atoms with Crippen LogP contribution in [0.1, 0.15) is 44.5 Å².